The molecule has 0 amide bonds. The number of hydrogen-bond donors (Lipinski definition) is 1. The SMILES string of the molecule is Cc1cc(F)cc([C@H](C)NC(C)c2ccccc2)c1. The van der Waals surface area contributed by atoms with Gasteiger partial charge in [0.25, 0.3) is 0 Å². The van der Waals surface area contributed by atoms with Crippen molar-refractivity contribution in [2.75, 3.05) is 0 Å². The minimum absolute atomic E-state index is 0.115. The van der Waals surface area contributed by atoms with E-state index in [0.717, 1.165) is 11.1 Å². The molecule has 1 nitrogen and oxygen atoms in total. The lowest BCUT2D eigenvalue weighted by atomic mass is 10.0. The smallest absolute Gasteiger partial charge is 0.123 e. The molecule has 0 aliphatic heterocycles. The van der Waals surface area contributed by atoms with Gasteiger partial charge in [-0.2, -0.15) is 0 Å². The summed E-state index contributed by atoms with van der Waals surface area (Å²) >= 11 is 0. The fourth-order valence-electron chi connectivity index (χ4n) is 2.32. The lowest BCUT2D eigenvalue weighted by Crippen LogP contribution is -2.22. The van der Waals surface area contributed by atoms with Crippen LogP contribution in [0.25, 0.3) is 0 Å². The maximum atomic E-state index is 13.4. The number of nitrogens with one attached hydrogen (secondary N) is 1. The third-order valence-electron chi connectivity index (χ3n) is 3.36. The highest BCUT2D eigenvalue weighted by Gasteiger charge is 2.11. The summed E-state index contributed by atoms with van der Waals surface area (Å²) in [6, 6.07) is 15.8. The molecule has 0 radical (unpaired) electrons. The average molecular weight is 257 g/mol. The van der Waals surface area contributed by atoms with Gasteiger partial charge in [0.15, 0.2) is 0 Å². The maximum absolute atomic E-state index is 13.4. The Bertz CT molecular complexity index is 516. The van der Waals surface area contributed by atoms with E-state index in [2.05, 4.69) is 31.3 Å². The van der Waals surface area contributed by atoms with Gasteiger partial charge in [0.2, 0.25) is 0 Å². The summed E-state index contributed by atoms with van der Waals surface area (Å²) in [4.78, 5) is 0. The van der Waals surface area contributed by atoms with Crippen molar-refractivity contribution in [2.45, 2.75) is 32.9 Å². The van der Waals surface area contributed by atoms with E-state index in [4.69, 9.17) is 0 Å². The zero-order valence-electron chi connectivity index (χ0n) is 11.7. The van der Waals surface area contributed by atoms with Crippen molar-refractivity contribution in [3.8, 4) is 0 Å². The quantitative estimate of drug-likeness (QED) is 0.847. The summed E-state index contributed by atoms with van der Waals surface area (Å²) in [6.07, 6.45) is 0. The van der Waals surface area contributed by atoms with Crippen LogP contribution in [-0.4, -0.2) is 0 Å². The fourth-order valence-corrected chi connectivity index (χ4v) is 2.32. The van der Waals surface area contributed by atoms with Crippen LogP contribution < -0.4 is 5.32 Å². The molecule has 2 rings (SSSR count). The van der Waals surface area contributed by atoms with Crippen molar-refractivity contribution in [1.82, 2.24) is 5.32 Å². The van der Waals surface area contributed by atoms with Crippen molar-refractivity contribution in [3.05, 3.63) is 71.0 Å². The standard InChI is InChI=1S/C17H20FN/c1-12-9-16(11-17(18)10-12)14(3)19-13(2)15-7-5-4-6-8-15/h4-11,13-14,19H,1-3H3/t13?,14-/m0/s1. The zero-order chi connectivity index (χ0) is 13.8. The van der Waals surface area contributed by atoms with E-state index in [9.17, 15) is 4.39 Å². The van der Waals surface area contributed by atoms with Crippen molar-refractivity contribution < 1.29 is 4.39 Å². The number of benzene rings is 2. The number of rotatable bonds is 4. The molecule has 0 saturated carbocycles. The third-order valence-corrected chi connectivity index (χ3v) is 3.36. The Kier molecular flexibility index (Phi) is 4.33. The van der Waals surface area contributed by atoms with E-state index < -0.39 is 0 Å². The predicted molar refractivity (Wildman–Crippen MR) is 77.5 cm³/mol. The molecule has 2 atom stereocenters. The van der Waals surface area contributed by atoms with Gasteiger partial charge in [-0.05, 0) is 49.6 Å². The second-order valence-corrected chi connectivity index (χ2v) is 5.08. The van der Waals surface area contributed by atoms with E-state index in [1.54, 1.807) is 12.1 Å². The van der Waals surface area contributed by atoms with Gasteiger partial charge in [0.1, 0.15) is 5.82 Å². The van der Waals surface area contributed by atoms with Crippen molar-refractivity contribution >= 4 is 0 Å². The molecule has 0 aromatic heterocycles. The van der Waals surface area contributed by atoms with Gasteiger partial charge in [-0.15, -0.1) is 0 Å². The van der Waals surface area contributed by atoms with Gasteiger partial charge in [0, 0.05) is 12.1 Å². The van der Waals surface area contributed by atoms with Gasteiger partial charge in [-0.1, -0.05) is 36.4 Å². The first kappa shape index (κ1) is 13.8. The molecule has 1 unspecified atom stereocenters. The molecule has 0 heterocycles. The summed E-state index contributed by atoms with van der Waals surface area (Å²) in [5.41, 5.74) is 3.18. The first-order valence-corrected chi connectivity index (χ1v) is 6.64. The van der Waals surface area contributed by atoms with Gasteiger partial charge in [0.05, 0.1) is 0 Å². The number of aryl methyl sites for hydroxylation is 1. The van der Waals surface area contributed by atoms with Crippen LogP contribution in [0.15, 0.2) is 48.5 Å². The molecule has 0 saturated heterocycles. The summed E-state index contributed by atoms with van der Waals surface area (Å²) in [5.74, 6) is -0.170. The average Bonchev–Trinajstić information content (AvgIpc) is 2.38. The monoisotopic (exact) mass is 257 g/mol. The maximum Gasteiger partial charge on any atom is 0.123 e. The third kappa shape index (κ3) is 3.65. The van der Waals surface area contributed by atoms with Crippen LogP contribution in [0.1, 0.15) is 42.6 Å². The van der Waals surface area contributed by atoms with Crippen LogP contribution in [0.2, 0.25) is 0 Å². The Hall–Kier alpha value is -1.67. The summed E-state index contributed by atoms with van der Waals surface area (Å²) in [6.45, 7) is 6.10. The molecule has 100 valence electrons. The molecular weight excluding hydrogens is 237 g/mol. The van der Waals surface area contributed by atoms with E-state index in [0.29, 0.717) is 0 Å². The van der Waals surface area contributed by atoms with Gasteiger partial charge < -0.3 is 5.32 Å². The van der Waals surface area contributed by atoms with E-state index in [1.165, 1.54) is 5.56 Å². The summed E-state index contributed by atoms with van der Waals surface area (Å²) in [7, 11) is 0. The zero-order valence-corrected chi connectivity index (χ0v) is 11.7. The second-order valence-electron chi connectivity index (χ2n) is 5.08. The highest BCUT2D eigenvalue weighted by Crippen LogP contribution is 2.20. The highest BCUT2D eigenvalue weighted by atomic mass is 19.1. The predicted octanol–water partition coefficient (Wildman–Crippen LogP) is 4.55. The summed E-state index contributed by atoms with van der Waals surface area (Å²) < 4.78 is 13.4. The Morgan fingerprint density at radius 2 is 1.53 bits per heavy atom. The van der Waals surface area contributed by atoms with E-state index in [1.807, 2.05) is 31.2 Å². The molecular formula is C17H20FN. The minimum atomic E-state index is -0.170. The van der Waals surface area contributed by atoms with E-state index in [-0.39, 0.29) is 17.9 Å². The normalized spacial score (nSPS) is 14.1. The number of halogens is 1. The molecule has 2 heteroatoms. The topological polar surface area (TPSA) is 12.0 Å². The van der Waals surface area contributed by atoms with Gasteiger partial charge >= 0.3 is 0 Å². The van der Waals surface area contributed by atoms with Crippen LogP contribution in [-0.2, 0) is 0 Å². The second kappa shape index (κ2) is 5.98. The van der Waals surface area contributed by atoms with Crippen molar-refractivity contribution in [3.63, 3.8) is 0 Å². The van der Waals surface area contributed by atoms with Gasteiger partial charge in [-0.3, -0.25) is 0 Å². The highest BCUT2D eigenvalue weighted by molar-refractivity contribution is 5.26. The first-order valence-electron chi connectivity index (χ1n) is 6.64. The Morgan fingerprint density at radius 1 is 0.895 bits per heavy atom. The van der Waals surface area contributed by atoms with Crippen LogP contribution in [0, 0.1) is 12.7 Å². The van der Waals surface area contributed by atoms with Crippen LogP contribution >= 0.6 is 0 Å². The largest absolute Gasteiger partial charge is 0.304 e. The Balaban J connectivity index is 2.10. The van der Waals surface area contributed by atoms with Crippen LogP contribution in [0.5, 0.6) is 0 Å². The van der Waals surface area contributed by atoms with Crippen LogP contribution in [0.3, 0.4) is 0 Å². The molecule has 0 aliphatic rings. The lowest BCUT2D eigenvalue weighted by molar-refractivity contribution is 0.491. The minimum Gasteiger partial charge on any atom is -0.304 e. The summed E-state index contributed by atoms with van der Waals surface area (Å²) in [5, 5.41) is 3.50. The van der Waals surface area contributed by atoms with E-state index >= 15 is 0 Å². The molecule has 0 bridgehead atoms. The van der Waals surface area contributed by atoms with Crippen LogP contribution in [0.4, 0.5) is 4.39 Å². The fraction of sp³-hybridized carbons (Fsp3) is 0.294. The lowest BCUT2D eigenvalue weighted by Gasteiger charge is -2.21. The molecule has 19 heavy (non-hydrogen) atoms. The molecule has 0 spiro atoms. The molecule has 2 aromatic rings. The first-order chi connectivity index (χ1) is 9.06. The molecule has 0 aliphatic carbocycles. The van der Waals surface area contributed by atoms with Crippen molar-refractivity contribution in [2.24, 2.45) is 0 Å². The molecule has 1 N–H and O–H groups in total. The number of hydrogen-bond acceptors (Lipinski definition) is 1. The molecule has 0 fully saturated rings. The Labute approximate surface area is 114 Å². The molecule has 2 aromatic carbocycles. The Morgan fingerprint density at radius 3 is 2.16 bits per heavy atom. The van der Waals surface area contributed by atoms with Crippen molar-refractivity contribution in [1.29, 1.82) is 0 Å². The van der Waals surface area contributed by atoms with Gasteiger partial charge in [-0.25, -0.2) is 4.39 Å².